The van der Waals surface area contributed by atoms with E-state index in [1.54, 1.807) is 0 Å². The molecule has 104 valence electrons. The number of hydrogen-bond donors (Lipinski definition) is 1. The number of hydrogen-bond acceptors (Lipinski definition) is 4. The molecular weight excluding hydrogens is 230 g/mol. The maximum Gasteiger partial charge on any atom is 0.410 e. The molecule has 2 aliphatic rings. The molecule has 0 spiro atoms. The first-order valence-electron chi connectivity index (χ1n) is 6.99. The fraction of sp³-hybridized carbons (Fsp3) is 0.923. The summed E-state index contributed by atoms with van der Waals surface area (Å²) in [7, 11) is 0. The number of cyclic esters (lactones) is 1. The van der Waals surface area contributed by atoms with E-state index in [1.165, 1.54) is 12.8 Å². The minimum Gasteiger partial charge on any atom is -0.443 e. The van der Waals surface area contributed by atoms with Gasteiger partial charge in [0.25, 0.3) is 0 Å². The predicted octanol–water partition coefficient (Wildman–Crippen LogP) is 0.886. The molecule has 2 N–H and O–H groups in total. The van der Waals surface area contributed by atoms with Crippen molar-refractivity contribution in [3.05, 3.63) is 0 Å². The van der Waals surface area contributed by atoms with E-state index in [4.69, 9.17) is 10.5 Å². The summed E-state index contributed by atoms with van der Waals surface area (Å²) in [6, 6.07) is 0.629. The van der Waals surface area contributed by atoms with Gasteiger partial charge in [-0.3, -0.25) is 0 Å². The lowest BCUT2D eigenvalue weighted by molar-refractivity contribution is 0.119. The van der Waals surface area contributed by atoms with Crippen molar-refractivity contribution in [3.63, 3.8) is 0 Å². The van der Waals surface area contributed by atoms with E-state index in [9.17, 15) is 4.79 Å². The summed E-state index contributed by atoms with van der Waals surface area (Å²) in [6.45, 7) is 8.69. The van der Waals surface area contributed by atoms with Crippen LogP contribution >= 0.6 is 0 Å². The zero-order valence-electron chi connectivity index (χ0n) is 11.5. The molecule has 2 aliphatic heterocycles. The van der Waals surface area contributed by atoms with Gasteiger partial charge in [-0.2, -0.15) is 0 Å². The van der Waals surface area contributed by atoms with Crippen LogP contribution in [-0.4, -0.2) is 60.8 Å². The average Bonchev–Trinajstić information content (AvgIpc) is 2.71. The molecule has 0 unspecified atom stereocenters. The first-order valence-corrected chi connectivity index (χ1v) is 6.99. The molecule has 2 saturated heterocycles. The number of amides is 1. The molecule has 0 aliphatic carbocycles. The Morgan fingerprint density at radius 1 is 1.39 bits per heavy atom. The van der Waals surface area contributed by atoms with Crippen molar-refractivity contribution in [2.24, 2.45) is 11.7 Å². The molecule has 0 aromatic carbocycles. The number of nitrogens with two attached hydrogens (primary N) is 1. The van der Waals surface area contributed by atoms with Crippen molar-refractivity contribution in [2.75, 3.05) is 32.7 Å². The highest BCUT2D eigenvalue weighted by molar-refractivity contribution is 5.69. The van der Waals surface area contributed by atoms with E-state index in [1.807, 2.05) is 4.90 Å². The van der Waals surface area contributed by atoms with Crippen LogP contribution in [-0.2, 0) is 4.74 Å². The van der Waals surface area contributed by atoms with E-state index < -0.39 is 0 Å². The summed E-state index contributed by atoms with van der Waals surface area (Å²) < 4.78 is 5.18. The molecule has 0 radical (unpaired) electrons. The molecule has 0 saturated carbocycles. The van der Waals surface area contributed by atoms with Gasteiger partial charge in [0.1, 0.15) is 6.10 Å². The van der Waals surface area contributed by atoms with Crippen molar-refractivity contribution in [2.45, 2.75) is 38.8 Å². The van der Waals surface area contributed by atoms with Gasteiger partial charge in [-0.1, -0.05) is 0 Å². The SMILES string of the molecule is CC(C)N1CCC(CN2C[C@H](CN)OC2=O)CC1. The number of carbonyl (C=O) groups excluding carboxylic acids is 1. The minimum atomic E-state index is -0.184. The second-order valence-electron chi connectivity index (χ2n) is 5.72. The molecule has 1 atom stereocenters. The number of likely N-dealkylation sites (tertiary alicyclic amines) is 1. The van der Waals surface area contributed by atoms with Gasteiger partial charge in [0, 0.05) is 19.1 Å². The van der Waals surface area contributed by atoms with Gasteiger partial charge in [-0.05, 0) is 45.7 Å². The van der Waals surface area contributed by atoms with Gasteiger partial charge in [-0.15, -0.1) is 0 Å². The van der Waals surface area contributed by atoms with Crippen LogP contribution in [0, 0.1) is 5.92 Å². The smallest absolute Gasteiger partial charge is 0.410 e. The van der Waals surface area contributed by atoms with Gasteiger partial charge in [0.05, 0.1) is 6.54 Å². The van der Waals surface area contributed by atoms with Gasteiger partial charge >= 0.3 is 6.09 Å². The van der Waals surface area contributed by atoms with Gasteiger partial charge < -0.3 is 20.3 Å². The molecule has 2 heterocycles. The lowest BCUT2D eigenvalue weighted by Gasteiger charge is -2.35. The molecule has 5 nitrogen and oxygen atoms in total. The Labute approximate surface area is 109 Å². The molecule has 0 aromatic rings. The highest BCUT2D eigenvalue weighted by Gasteiger charge is 2.32. The summed E-state index contributed by atoms with van der Waals surface area (Å²) in [4.78, 5) is 16.0. The summed E-state index contributed by atoms with van der Waals surface area (Å²) in [5, 5.41) is 0. The molecule has 0 aromatic heterocycles. The summed E-state index contributed by atoms with van der Waals surface area (Å²) in [6.07, 6.45) is 2.06. The van der Waals surface area contributed by atoms with E-state index in [0.29, 0.717) is 25.0 Å². The quantitative estimate of drug-likeness (QED) is 0.810. The van der Waals surface area contributed by atoms with E-state index in [-0.39, 0.29) is 12.2 Å². The Bertz CT molecular complexity index is 288. The topological polar surface area (TPSA) is 58.8 Å². The number of ether oxygens (including phenoxy) is 1. The van der Waals surface area contributed by atoms with Crippen LogP contribution in [0.2, 0.25) is 0 Å². The molecule has 1 amide bonds. The minimum absolute atomic E-state index is 0.103. The lowest BCUT2D eigenvalue weighted by Crippen LogP contribution is -2.42. The summed E-state index contributed by atoms with van der Waals surface area (Å²) in [5.74, 6) is 0.615. The van der Waals surface area contributed by atoms with E-state index >= 15 is 0 Å². The van der Waals surface area contributed by atoms with E-state index in [0.717, 1.165) is 19.6 Å². The van der Waals surface area contributed by atoms with Gasteiger partial charge in [0.15, 0.2) is 0 Å². The first kappa shape index (κ1) is 13.6. The second-order valence-corrected chi connectivity index (χ2v) is 5.72. The van der Waals surface area contributed by atoms with Gasteiger partial charge in [-0.25, -0.2) is 4.79 Å². The Kier molecular flexibility index (Phi) is 4.45. The van der Waals surface area contributed by atoms with Crippen LogP contribution in [0.4, 0.5) is 4.79 Å². The number of nitrogens with zero attached hydrogens (tertiary/aromatic N) is 2. The lowest BCUT2D eigenvalue weighted by atomic mass is 9.95. The van der Waals surface area contributed by atoms with Gasteiger partial charge in [0.2, 0.25) is 0 Å². The standard InChI is InChI=1S/C13H25N3O2/c1-10(2)15-5-3-11(4-6-15)8-16-9-12(7-14)18-13(16)17/h10-12H,3-9,14H2,1-2H3/t12-/m0/s1. The van der Waals surface area contributed by atoms with Crippen molar-refractivity contribution in [3.8, 4) is 0 Å². The number of carbonyl (C=O) groups is 1. The van der Waals surface area contributed by atoms with Crippen molar-refractivity contribution < 1.29 is 9.53 Å². The molecule has 2 fully saturated rings. The molecule has 18 heavy (non-hydrogen) atoms. The second kappa shape index (κ2) is 5.89. The summed E-state index contributed by atoms with van der Waals surface area (Å²) >= 11 is 0. The summed E-state index contributed by atoms with van der Waals surface area (Å²) in [5.41, 5.74) is 5.53. The highest BCUT2D eigenvalue weighted by atomic mass is 16.6. The fourth-order valence-corrected chi connectivity index (χ4v) is 2.81. The Morgan fingerprint density at radius 3 is 2.56 bits per heavy atom. The maximum absolute atomic E-state index is 11.6. The molecule has 0 bridgehead atoms. The van der Waals surface area contributed by atoms with Crippen LogP contribution in [0.3, 0.4) is 0 Å². The third-order valence-electron chi connectivity index (χ3n) is 4.07. The van der Waals surface area contributed by atoms with Crippen LogP contribution < -0.4 is 5.73 Å². The van der Waals surface area contributed by atoms with Crippen LogP contribution in [0.25, 0.3) is 0 Å². The number of rotatable bonds is 4. The third kappa shape index (κ3) is 3.14. The first-order chi connectivity index (χ1) is 8.60. The maximum atomic E-state index is 11.6. The molecular formula is C13H25N3O2. The van der Waals surface area contributed by atoms with Crippen LogP contribution in [0.1, 0.15) is 26.7 Å². The van der Waals surface area contributed by atoms with E-state index in [2.05, 4.69) is 18.7 Å². The number of piperidine rings is 1. The zero-order valence-corrected chi connectivity index (χ0v) is 11.5. The van der Waals surface area contributed by atoms with Crippen LogP contribution in [0.15, 0.2) is 0 Å². The monoisotopic (exact) mass is 255 g/mol. The Hall–Kier alpha value is -0.810. The van der Waals surface area contributed by atoms with Crippen molar-refractivity contribution in [1.82, 2.24) is 9.80 Å². The molecule has 2 rings (SSSR count). The fourth-order valence-electron chi connectivity index (χ4n) is 2.81. The Balaban J connectivity index is 1.76. The predicted molar refractivity (Wildman–Crippen MR) is 70.3 cm³/mol. The largest absolute Gasteiger partial charge is 0.443 e. The third-order valence-corrected chi connectivity index (χ3v) is 4.07. The van der Waals surface area contributed by atoms with Crippen molar-refractivity contribution >= 4 is 6.09 Å². The van der Waals surface area contributed by atoms with Crippen molar-refractivity contribution in [1.29, 1.82) is 0 Å². The zero-order chi connectivity index (χ0) is 13.1. The molecule has 5 heteroatoms. The highest BCUT2D eigenvalue weighted by Crippen LogP contribution is 2.22. The van der Waals surface area contributed by atoms with Crippen LogP contribution in [0.5, 0.6) is 0 Å². The normalized spacial score (nSPS) is 27.0. The Morgan fingerprint density at radius 2 is 2.06 bits per heavy atom. The average molecular weight is 255 g/mol.